The summed E-state index contributed by atoms with van der Waals surface area (Å²) in [7, 11) is 1.41. The van der Waals surface area contributed by atoms with Gasteiger partial charge in [-0.2, -0.15) is 0 Å². The predicted octanol–water partition coefficient (Wildman–Crippen LogP) is 2.76. The Kier molecular flexibility index (Phi) is 7.86. The van der Waals surface area contributed by atoms with Crippen molar-refractivity contribution >= 4 is 29.3 Å². The fourth-order valence-corrected chi connectivity index (χ4v) is 2.69. The van der Waals surface area contributed by atoms with E-state index in [2.05, 4.69) is 17.2 Å². The highest BCUT2D eigenvalue weighted by molar-refractivity contribution is 7.99. The number of hydrogen-bond donors (Lipinski definition) is 1. The second-order valence-electron chi connectivity index (χ2n) is 3.96. The van der Waals surface area contributed by atoms with Gasteiger partial charge in [0.25, 0.3) is 0 Å². The van der Waals surface area contributed by atoms with Gasteiger partial charge in [0.1, 0.15) is 11.1 Å². The van der Waals surface area contributed by atoms with Crippen LogP contribution in [0, 0.1) is 0 Å². The van der Waals surface area contributed by atoms with Crippen LogP contribution in [0.2, 0.25) is 5.02 Å². The molecule has 0 fully saturated rings. The van der Waals surface area contributed by atoms with Crippen molar-refractivity contribution in [1.82, 2.24) is 10.3 Å². The van der Waals surface area contributed by atoms with Gasteiger partial charge in [-0.3, -0.25) is 4.79 Å². The van der Waals surface area contributed by atoms with Gasteiger partial charge in [0.2, 0.25) is 0 Å². The van der Waals surface area contributed by atoms with Crippen molar-refractivity contribution in [2.45, 2.75) is 30.8 Å². The molecule has 0 aliphatic heterocycles. The van der Waals surface area contributed by atoms with Crippen LogP contribution in [0.5, 0.6) is 0 Å². The van der Waals surface area contributed by atoms with Crippen molar-refractivity contribution < 1.29 is 9.53 Å². The SMILES string of the molecule is CCCNC(CCSc1ncccc1Cl)C(=O)OC. The smallest absolute Gasteiger partial charge is 0.322 e. The standard InChI is InChI=1S/C13H19ClN2O2S/c1-3-7-15-11(13(17)18-2)6-9-19-12-10(14)5-4-8-16-12/h4-5,8,11,15H,3,6-7,9H2,1-2H3. The summed E-state index contributed by atoms with van der Waals surface area (Å²) in [6, 6.07) is 3.34. The molecule has 1 unspecified atom stereocenters. The Morgan fingerprint density at radius 2 is 2.42 bits per heavy atom. The van der Waals surface area contributed by atoms with E-state index in [0.717, 1.165) is 23.7 Å². The fourth-order valence-electron chi connectivity index (χ4n) is 1.51. The highest BCUT2D eigenvalue weighted by Gasteiger charge is 2.18. The number of nitrogens with one attached hydrogen (secondary N) is 1. The maximum Gasteiger partial charge on any atom is 0.322 e. The summed E-state index contributed by atoms with van der Waals surface area (Å²) in [6.07, 6.45) is 3.37. The number of esters is 1. The molecule has 1 N–H and O–H groups in total. The van der Waals surface area contributed by atoms with Crippen LogP contribution in [0.4, 0.5) is 0 Å². The molecule has 0 radical (unpaired) electrons. The number of methoxy groups -OCH3 is 1. The molecular formula is C13H19ClN2O2S. The van der Waals surface area contributed by atoms with Gasteiger partial charge >= 0.3 is 5.97 Å². The Balaban J connectivity index is 2.43. The molecule has 0 spiro atoms. The van der Waals surface area contributed by atoms with Gasteiger partial charge in [0, 0.05) is 11.9 Å². The first kappa shape index (κ1) is 16.3. The Hall–Kier alpha value is -0.780. The van der Waals surface area contributed by atoms with E-state index in [-0.39, 0.29) is 12.0 Å². The Labute approximate surface area is 123 Å². The number of rotatable bonds is 8. The average Bonchev–Trinajstić information content (AvgIpc) is 2.43. The topological polar surface area (TPSA) is 51.2 Å². The number of aromatic nitrogens is 1. The zero-order valence-corrected chi connectivity index (χ0v) is 12.8. The van der Waals surface area contributed by atoms with Crippen molar-refractivity contribution in [3.8, 4) is 0 Å². The molecule has 0 bridgehead atoms. The minimum Gasteiger partial charge on any atom is -0.468 e. The third-order valence-electron chi connectivity index (χ3n) is 2.50. The second-order valence-corrected chi connectivity index (χ2v) is 5.45. The lowest BCUT2D eigenvalue weighted by molar-refractivity contribution is -0.143. The van der Waals surface area contributed by atoms with Gasteiger partial charge in [-0.05, 0) is 31.5 Å². The summed E-state index contributed by atoms with van der Waals surface area (Å²) in [4.78, 5) is 15.8. The number of ether oxygens (including phenoxy) is 1. The van der Waals surface area contributed by atoms with Gasteiger partial charge in [-0.1, -0.05) is 18.5 Å². The minimum atomic E-state index is -0.264. The van der Waals surface area contributed by atoms with E-state index in [1.165, 1.54) is 7.11 Å². The first-order valence-corrected chi connectivity index (χ1v) is 7.60. The zero-order valence-electron chi connectivity index (χ0n) is 11.2. The molecule has 1 aromatic rings. The predicted molar refractivity (Wildman–Crippen MR) is 78.7 cm³/mol. The number of nitrogens with zero attached hydrogens (tertiary/aromatic N) is 1. The summed E-state index contributed by atoms with van der Waals surface area (Å²) >= 11 is 7.57. The van der Waals surface area contributed by atoms with Crippen LogP contribution in [-0.2, 0) is 9.53 Å². The van der Waals surface area contributed by atoms with E-state index < -0.39 is 0 Å². The third kappa shape index (κ3) is 5.80. The van der Waals surface area contributed by atoms with E-state index in [4.69, 9.17) is 16.3 Å². The van der Waals surface area contributed by atoms with Crippen molar-refractivity contribution in [2.24, 2.45) is 0 Å². The van der Waals surface area contributed by atoms with Gasteiger partial charge < -0.3 is 10.1 Å². The number of halogens is 1. The molecule has 0 saturated carbocycles. The van der Waals surface area contributed by atoms with Gasteiger partial charge in [-0.25, -0.2) is 4.98 Å². The maximum atomic E-state index is 11.6. The van der Waals surface area contributed by atoms with Crippen LogP contribution in [-0.4, -0.2) is 36.4 Å². The largest absolute Gasteiger partial charge is 0.468 e. The van der Waals surface area contributed by atoms with E-state index in [0.29, 0.717) is 11.4 Å². The second kappa shape index (κ2) is 9.18. The van der Waals surface area contributed by atoms with Crippen molar-refractivity contribution in [3.05, 3.63) is 23.4 Å². The molecule has 1 atom stereocenters. The molecule has 1 rings (SSSR count). The van der Waals surface area contributed by atoms with E-state index >= 15 is 0 Å². The third-order valence-corrected chi connectivity index (χ3v) is 3.95. The summed E-state index contributed by atoms with van der Waals surface area (Å²) in [5, 5.41) is 4.62. The Bertz CT molecular complexity index is 404. The van der Waals surface area contributed by atoms with Gasteiger partial charge in [-0.15, -0.1) is 11.8 Å². The molecule has 1 heterocycles. The minimum absolute atomic E-state index is 0.221. The van der Waals surface area contributed by atoms with E-state index in [1.807, 2.05) is 6.07 Å². The van der Waals surface area contributed by atoms with E-state index in [9.17, 15) is 4.79 Å². The lowest BCUT2D eigenvalue weighted by atomic mass is 10.2. The monoisotopic (exact) mass is 302 g/mol. The normalized spacial score (nSPS) is 12.2. The van der Waals surface area contributed by atoms with Crippen LogP contribution in [0.3, 0.4) is 0 Å². The molecule has 0 aliphatic carbocycles. The quantitative estimate of drug-likeness (QED) is 0.591. The summed E-state index contributed by atoms with van der Waals surface area (Å²) < 4.78 is 4.78. The fraction of sp³-hybridized carbons (Fsp3) is 0.538. The lowest BCUT2D eigenvalue weighted by Gasteiger charge is -2.15. The first-order chi connectivity index (χ1) is 9.19. The van der Waals surface area contributed by atoms with Crippen LogP contribution in [0.1, 0.15) is 19.8 Å². The summed E-state index contributed by atoms with van der Waals surface area (Å²) in [6.45, 7) is 2.86. The average molecular weight is 303 g/mol. The highest BCUT2D eigenvalue weighted by Crippen LogP contribution is 2.24. The molecule has 19 heavy (non-hydrogen) atoms. The lowest BCUT2D eigenvalue weighted by Crippen LogP contribution is -2.38. The molecule has 6 heteroatoms. The van der Waals surface area contributed by atoms with Gasteiger partial charge in [0.05, 0.1) is 12.1 Å². The Morgan fingerprint density at radius 3 is 3.05 bits per heavy atom. The molecule has 0 aromatic carbocycles. The van der Waals surface area contributed by atoms with Crippen LogP contribution < -0.4 is 5.32 Å². The van der Waals surface area contributed by atoms with Crippen molar-refractivity contribution in [1.29, 1.82) is 0 Å². The number of thioether (sulfide) groups is 1. The van der Waals surface area contributed by atoms with Crippen molar-refractivity contribution in [2.75, 3.05) is 19.4 Å². The van der Waals surface area contributed by atoms with Crippen LogP contribution in [0.25, 0.3) is 0 Å². The van der Waals surface area contributed by atoms with Crippen LogP contribution in [0.15, 0.2) is 23.4 Å². The number of hydrogen-bond acceptors (Lipinski definition) is 5. The molecule has 1 aromatic heterocycles. The molecule has 0 amide bonds. The maximum absolute atomic E-state index is 11.6. The zero-order chi connectivity index (χ0) is 14.1. The summed E-state index contributed by atoms with van der Waals surface area (Å²) in [5.74, 6) is 0.536. The molecule has 0 aliphatic rings. The highest BCUT2D eigenvalue weighted by atomic mass is 35.5. The first-order valence-electron chi connectivity index (χ1n) is 6.23. The van der Waals surface area contributed by atoms with E-state index in [1.54, 1.807) is 24.0 Å². The van der Waals surface area contributed by atoms with Crippen LogP contribution >= 0.6 is 23.4 Å². The van der Waals surface area contributed by atoms with Gasteiger partial charge in [0.15, 0.2) is 0 Å². The van der Waals surface area contributed by atoms with Crippen molar-refractivity contribution in [3.63, 3.8) is 0 Å². The number of carbonyl (C=O) groups is 1. The number of carbonyl (C=O) groups excluding carboxylic acids is 1. The molecular weight excluding hydrogens is 284 g/mol. The molecule has 4 nitrogen and oxygen atoms in total. The Morgan fingerprint density at radius 1 is 1.63 bits per heavy atom. The summed E-state index contributed by atoms with van der Waals surface area (Å²) in [5.41, 5.74) is 0. The molecule has 0 saturated heterocycles. The number of pyridine rings is 1. The molecule has 106 valence electrons.